The van der Waals surface area contributed by atoms with Crippen LogP contribution in [0.1, 0.15) is 75.6 Å². The monoisotopic (exact) mass is 859 g/mol. The Kier molecular flexibility index (Phi) is 12.5. The van der Waals surface area contributed by atoms with Crippen molar-refractivity contribution in [1.82, 2.24) is 24.8 Å². The number of carbonyl (C=O) groups is 2. The molecule has 3 aromatic carbocycles. The number of benzene rings is 3. The quantitative estimate of drug-likeness (QED) is 0.133. The zero-order valence-electron chi connectivity index (χ0n) is 35.1. The minimum Gasteiger partial charge on any atom is -0.444 e. The molecule has 1 aliphatic rings. The van der Waals surface area contributed by atoms with Gasteiger partial charge in [-0.15, -0.1) is 0 Å². The molecule has 3 heterocycles. The number of fused-ring (bicyclic) bond motifs is 1. The van der Waals surface area contributed by atoms with Gasteiger partial charge in [0.25, 0.3) is 14.2 Å². The van der Waals surface area contributed by atoms with E-state index < -0.39 is 42.0 Å². The number of carbonyl (C=O) groups excluding carboxylic acids is 2. The summed E-state index contributed by atoms with van der Waals surface area (Å²) in [7, 11) is -5.19. The molecule has 0 radical (unpaired) electrons. The third-order valence-corrected chi connectivity index (χ3v) is 16.2. The van der Waals surface area contributed by atoms with Crippen LogP contribution in [0.4, 0.5) is 16.3 Å². The van der Waals surface area contributed by atoms with E-state index in [4.69, 9.17) is 30.8 Å². The van der Waals surface area contributed by atoms with Gasteiger partial charge in [0.15, 0.2) is 5.65 Å². The number of aryl methyl sites for hydroxylation is 1. The molecule has 2 amide bonds. The average molecular weight is 861 g/mol. The summed E-state index contributed by atoms with van der Waals surface area (Å²) < 4.78 is 41.9. The zero-order chi connectivity index (χ0) is 42.9. The third kappa shape index (κ3) is 9.92. The number of alkyl carbamates (subject to hydrolysis) is 1. The van der Waals surface area contributed by atoms with Crippen molar-refractivity contribution in [3.05, 3.63) is 113 Å². The number of hydrogen-bond acceptors (Lipinski definition) is 9. The van der Waals surface area contributed by atoms with Gasteiger partial charge in [-0.05, 0) is 67.7 Å². The molecule has 2 N–H and O–H groups in total. The first-order chi connectivity index (χ1) is 27.6. The first kappa shape index (κ1) is 43.6. The highest BCUT2D eigenvalue weighted by Gasteiger charge is 2.51. The average Bonchev–Trinajstić information content (AvgIpc) is 3.78. The van der Waals surface area contributed by atoms with Gasteiger partial charge in [0.05, 0.1) is 41.9 Å². The number of halogens is 1. The normalized spacial score (nSPS) is 15.6. The number of ether oxygens (including phenoxy) is 1. The summed E-state index contributed by atoms with van der Waals surface area (Å²) >= 11 is 6.41. The second kappa shape index (κ2) is 17.0. The van der Waals surface area contributed by atoms with Crippen molar-refractivity contribution >= 4 is 69.5 Å². The zero-order valence-corrected chi connectivity index (χ0v) is 37.7. The van der Waals surface area contributed by atoms with Crippen molar-refractivity contribution in [2.24, 2.45) is 0 Å². The molecule has 1 saturated heterocycles. The van der Waals surface area contributed by atoms with Gasteiger partial charge in [0.1, 0.15) is 11.4 Å². The standard InChI is InChI=1S/C43H54ClN7O6SSi/c1-29-26-51-38(46-39(29)50-23-22-31(27-50)45-41(53)57-42(2,3)4)25-36(47-51)37(49(8)40(52)34-24-30(44)20-21-35(34)48-58(9,54)55)28-56-59(43(5,6)7,32-16-12-10-13-17-32)33-18-14-11-15-19-33/h10-21,24-26,31,37,48H,22-23,27-28H2,1-9H3,(H,45,53)/t31-,37-/m0/s1. The Bertz CT molecular complexity index is 2380. The summed E-state index contributed by atoms with van der Waals surface area (Å²) in [6.07, 6.45) is 3.21. The number of sulfonamides is 1. The Balaban J connectivity index is 1.41. The van der Waals surface area contributed by atoms with Gasteiger partial charge in [0.2, 0.25) is 10.0 Å². The lowest BCUT2D eigenvalue weighted by atomic mass is 10.1. The van der Waals surface area contributed by atoms with Crippen molar-refractivity contribution in [3.63, 3.8) is 0 Å². The Labute approximate surface area is 353 Å². The fraction of sp³-hybridized carbons (Fsp3) is 0.395. The van der Waals surface area contributed by atoms with Crippen LogP contribution in [0, 0.1) is 6.92 Å². The molecule has 2 atom stereocenters. The molecule has 0 aliphatic carbocycles. The number of amides is 2. The molecule has 16 heteroatoms. The SMILES string of the molecule is Cc1cn2nc([C@H](CO[Si](c3ccccc3)(c3ccccc3)C(C)(C)C)N(C)C(=O)c3cc(Cl)ccc3NS(C)(=O)=O)cc2nc1N1CC[C@H](NC(=O)OC(C)(C)C)C1. The van der Waals surface area contributed by atoms with Gasteiger partial charge in [-0.25, -0.2) is 22.7 Å². The third-order valence-electron chi connectivity index (χ3n) is 10.3. The predicted octanol–water partition coefficient (Wildman–Crippen LogP) is 6.56. The summed E-state index contributed by atoms with van der Waals surface area (Å²) in [4.78, 5) is 35.9. The smallest absolute Gasteiger partial charge is 0.407 e. The van der Waals surface area contributed by atoms with Crippen molar-refractivity contribution in [2.45, 2.75) is 77.6 Å². The highest BCUT2D eigenvalue weighted by atomic mass is 35.5. The second-order valence-electron chi connectivity index (χ2n) is 17.2. The van der Waals surface area contributed by atoms with E-state index in [1.54, 1.807) is 11.6 Å². The number of anilines is 2. The van der Waals surface area contributed by atoms with E-state index in [-0.39, 0.29) is 34.0 Å². The maximum absolute atomic E-state index is 14.7. The summed E-state index contributed by atoms with van der Waals surface area (Å²) in [6, 6.07) is 25.9. The van der Waals surface area contributed by atoms with E-state index in [0.29, 0.717) is 24.4 Å². The van der Waals surface area contributed by atoms with Crippen LogP contribution < -0.4 is 25.3 Å². The van der Waals surface area contributed by atoms with Gasteiger partial charge in [-0.1, -0.05) is 93.0 Å². The molecule has 1 aliphatic heterocycles. The van der Waals surface area contributed by atoms with Gasteiger partial charge in [-0.2, -0.15) is 5.10 Å². The molecule has 6 rings (SSSR count). The fourth-order valence-electron chi connectivity index (χ4n) is 7.72. The van der Waals surface area contributed by atoms with Crippen LogP contribution in [0.5, 0.6) is 0 Å². The summed E-state index contributed by atoms with van der Waals surface area (Å²) in [5, 5.41) is 10.0. The molecule has 0 bridgehead atoms. The number of hydrogen-bond donors (Lipinski definition) is 2. The number of rotatable bonds is 12. The van der Waals surface area contributed by atoms with E-state index >= 15 is 0 Å². The highest BCUT2D eigenvalue weighted by molar-refractivity contribution is 7.92. The molecule has 0 spiro atoms. The largest absolute Gasteiger partial charge is 0.444 e. The van der Waals surface area contributed by atoms with Crippen LogP contribution in [0.15, 0.2) is 91.1 Å². The minimum absolute atomic E-state index is 0.0464. The van der Waals surface area contributed by atoms with Crippen molar-refractivity contribution < 1.29 is 27.2 Å². The van der Waals surface area contributed by atoms with Crippen LogP contribution in [0.25, 0.3) is 5.65 Å². The molecular weight excluding hydrogens is 806 g/mol. The van der Waals surface area contributed by atoms with Crippen LogP contribution in [0.3, 0.4) is 0 Å². The number of nitrogens with one attached hydrogen (secondary N) is 2. The van der Waals surface area contributed by atoms with E-state index in [1.807, 2.05) is 76.4 Å². The van der Waals surface area contributed by atoms with E-state index in [0.717, 1.165) is 34.4 Å². The molecular formula is C43H54ClN7O6SSi. The molecule has 5 aromatic rings. The minimum atomic E-state index is -3.74. The van der Waals surface area contributed by atoms with Crippen molar-refractivity contribution in [1.29, 1.82) is 0 Å². The molecule has 59 heavy (non-hydrogen) atoms. The maximum Gasteiger partial charge on any atom is 0.407 e. The number of likely N-dealkylation sites (N-methyl/N-ethyl adjacent to an activating group) is 1. The Morgan fingerprint density at radius 2 is 1.61 bits per heavy atom. The highest BCUT2D eigenvalue weighted by Crippen LogP contribution is 2.38. The van der Waals surface area contributed by atoms with Crippen LogP contribution in [-0.4, -0.2) is 92.9 Å². The van der Waals surface area contributed by atoms with Gasteiger partial charge in [0, 0.05) is 43.0 Å². The molecule has 0 saturated carbocycles. The van der Waals surface area contributed by atoms with E-state index in [1.165, 1.54) is 23.1 Å². The topological polar surface area (TPSA) is 147 Å². The molecule has 0 unspecified atom stereocenters. The first-order valence-corrected chi connectivity index (χ1v) is 23.7. The predicted molar refractivity (Wildman–Crippen MR) is 236 cm³/mol. The molecule has 2 aromatic heterocycles. The summed E-state index contributed by atoms with van der Waals surface area (Å²) in [5.41, 5.74) is 1.53. The molecule has 1 fully saturated rings. The Hall–Kier alpha value is -4.96. The van der Waals surface area contributed by atoms with Crippen LogP contribution in [-0.2, 0) is 19.2 Å². The lowest BCUT2D eigenvalue weighted by Gasteiger charge is -2.44. The second-order valence-corrected chi connectivity index (χ2v) is 23.7. The lowest BCUT2D eigenvalue weighted by molar-refractivity contribution is 0.0508. The van der Waals surface area contributed by atoms with Crippen LogP contribution in [0.2, 0.25) is 10.1 Å². The van der Waals surface area contributed by atoms with Gasteiger partial charge < -0.3 is 24.3 Å². The van der Waals surface area contributed by atoms with Crippen molar-refractivity contribution in [2.75, 3.05) is 42.6 Å². The van der Waals surface area contributed by atoms with E-state index in [9.17, 15) is 18.0 Å². The summed E-state index contributed by atoms with van der Waals surface area (Å²) in [5.74, 6) is 0.273. The van der Waals surface area contributed by atoms with Gasteiger partial charge >= 0.3 is 6.09 Å². The molecule has 13 nitrogen and oxygen atoms in total. The first-order valence-electron chi connectivity index (χ1n) is 19.6. The maximum atomic E-state index is 14.7. The Morgan fingerprint density at radius 1 is 0.983 bits per heavy atom. The number of aromatic nitrogens is 3. The number of nitrogens with zero attached hydrogens (tertiary/aromatic N) is 5. The van der Waals surface area contributed by atoms with Gasteiger partial charge in [-0.3, -0.25) is 9.52 Å². The fourth-order valence-corrected chi connectivity index (χ4v) is 13.0. The molecule has 314 valence electrons. The lowest BCUT2D eigenvalue weighted by Crippen LogP contribution is -2.67. The van der Waals surface area contributed by atoms with Crippen molar-refractivity contribution in [3.8, 4) is 0 Å². The van der Waals surface area contributed by atoms with Crippen LogP contribution >= 0.6 is 11.6 Å². The van der Waals surface area contributed by atoms with E-state index in [2.05, 4.69) is 60.0 Å². The Morgan fingerprint density at radius 3 is 2.19 bits per heavy atom. The summed E-state index contributed by atoms with van der Waals surface area (Å²) in [6.45, 7) is 15.3.